The smallest absolute Gasteiger partial charge is 0.267 e. The van der Waals surface area contributed by atoms with Gasteiger partial charge in [-0.25, -0.2) is 4.98 Å². The molecule has 0 aliphatic carbocycles. The van der Waals surface area contributed by atoms with Gasteiger partial charge in [-0.1, -0.05) is 238 Å². The standard InChI is InChI=1S/C75H66N4O.Pt/c1-72(2,3)59-42-43-76-69(48-59)79-67-41-38-54(52-26-15-10-16-27-52)46-66(67)65-40-39-64(50-68(65)79)80-63-37-25-36-61(49-63)77-51-78(71(75(8,9)58-34-23-14-24-35-58)70(77)74(6,7)57-32-21-13-22-33-57)62-45-55(53-28-17-11-18-29-53)44-60(47-62)73(4,5)56-30-19-12-20-31-56;/h10-48H,1-9H3;/q-2;. The third-order valence-corrected chi connectivity index (χ3v) is 16.4. The molecule has 0 aliphatic heterocycles. The first kappa shape index (κ1) is 54.6. The summed E-state index contributed by atoms with van der Waals surface area (Å²) in [6.45, 7) is 20.7. The van der Waals surface area contributed by atoms with Crippen LogP contribution in [0.15, 0.2) is 237 Å². The van der Waals surface area contributed by atoms with E-state index in [4.69, 9.17) is 9.72 Å². The van der Waals surface area contributed by atoms with Gasteiger partial charge in [-0.15, -0.1) is 29.7 Å². The molecular weight excluding hydrogens is 1170 g/mol. The summed E-state index contributed by atoms with van der Waals surface area (Å²) in [5.41, 5.74) is 15.0. The molecule has 12 aromatic rings. The Labute approximate surface area is 492 Å². The third kappa shape index (κ3) is 10.3. The first-order valence-electron chi connectivity index (χ1n) is 27.8. The molecule has 0 spiro atoms. The molecule has 404 valence electrons. The van der Waals surface area contributed by atoms with Crippen molar-refractivity contribution in [2.45, 2.75) is 84.0 Å². The van der Waals surface area contributed by atoms with Gasteiger partial charge in [0.1, 0.15) is 5.82 Å². The zero-order chi connectivity index (χ0) is 55.4. The van der Waals surface area contributed by atoms with E-state index in [0.29, 0.717) is 11.5 Å². The number of hydrogen-bond acceptors (Lipinski definition) is 2. The van der Waals surface area contributed by atoms with Crippen molar-refractivity contribution in [2.75, 3.05) is 0 Å². The Bertz CT molecular complexity index is 4190. The molecule has 0 bridgehead atoms. The van der Waals surface area contributed by atoms with E-state index < -0.39 is 10.8 Å². The second-order valence-corrected chi connectivity index (χ2v) is 23.7. The van der Waals surface area contributed by atoms with Crippen molar-refractivity contribution in [3.8, 4) is 50.9 Å². The van der Waals surface area contributed by atoms with Crippen LogP contribution in [0.2, 0.25) is 0 Å². The molecular formula is C75H66N4OPt-2. The van der Waals surface area contributed by atoms with Crippen LogP contribution in [0.5, 0.6) is 11.5 Å². The Balaban J connectivity index is 0.00000690. The van der Waals surface area contributed by atoms with Gasteiger partial charge in [-0.2, -0.15) is 18.2 Å². The Morgan fingerprint density at radius 3 is 1.62 bits per heavy atom. The van der Waals surface area contributed by atoms with Gasteiger partial charge in [0, 0.05) is 60.5 Å². The Hall–Kier alpha value is -8.37. The van der Waals surface area contributed by atoms with E-state index in [1.54, 1.807) is 0 Å². The zero-order valence-corrected chi connectivity index (χ0v) is 49.8. The average molecular weight is 1230 g/mol. The fourth-order valence-corrected chi connectivity index (χ4v) is 11.6. The fourth-order valence-electron chi connectivity index (χ4n) is 11.6. The van der Waals surface area contributed by atoms with Crippen molar-refractivity contribution >= 4 is 21.8 Å². The summed E-state index contributed by atoms with van der Waals surface area (Å²) in [7, 11) is 0. The average Bonchev–Trinajstić information content (AvgIpc) is 4.22. The first-order chi connectivity index (χ1) is 38.6. The summed E-state index contributed by atoms with van der Waals surface area (Å²) in [4.78, 5) is 4.99. The summed E-state index contributed by atoms with van der Waals surface area (Å²) >= 11 is 0. The van der Waals surface area contributed by atoms with Gasteiger partial charge in [0.2, 0.25) is 0 Å². The van der Waals surface area contributed by atoms with Crippen LogP contribution in [0.1, 0.15) is 102 Å². The molecule has 0 saturated heterocycles. The quantitative estimate of drug-likeness (QED) is 0.0852. The van der Waals surface area contributed by atoms with E-state index in [0.717, 1.165) is 72.6 Å². The van der Waals surface area contributed by atoms with Crippen molar-refractivity contribution in [1.82, 2.24) is 14.1 Å². The van der Waals surface area contributed by atoms with E-state index in [1.807, 2.05) is 18.3 Å². The minimum Gasteiger partial charge on any atom is -0.510 e. The third-order valence-electron chi connectivity index (χ3n) is 16.4. The van der Waals surface area contributed by atoms with Crippen molar-refractivity contribution in [3.63, 3.8) is 0 Å². The molecule has 6 heteroatoms. The number of ether oxygens (including phenoxy) is 1. The second-order valence-electron chi connectivity index (χ2n) is 23.7. The number of hydrogen-bond donors (Lipinski definition) is 0. The number of pyridine rings is 1. The molecule has 0 amide bonds. The van der Waals surface area contributed by atoms with E-state index >= 15 is 0 Å². The monoisotopic (exact) mass is 1230 g/mol. The van der Waals surface area contributed by atoms with Crippen LogP contribution < -0.4 is 9.30 Å². The summed E-state index contributed by atoms with van der Waals surface area (Å²) in [5, 5.41) is 2.18. The van der Waals surface area contributed by atoms with E-state index in [2.05, 4.69) is 313 Å². The minimum atomic E-state index is -0.552. The van der Waals surface area contributed by atoms with Crippen LogP contribution >= 0.6 is 0 Å². The van der Waals surface area contributed by atoms with Gasteiger partial charge in [0.15, 0.2) is 0 Å². The van der Waals surface area contributed by atoms with Crippen molar-refractivity contribution < 1.29 is 30.4 Å². The molecule has 0 aliphatic rings. The predicted octanol–water partition coefficient (Wildman–Crippen LogP) is 18.0. The van der Waals surface area contributed by atoms with Gasteiger partial charge in [0.05, 0.1) is 17.1 Å². The summed E-state index contributed by atoms with van der Waals surface area (Å²) in [6.07, 6.45) is 5.96. The fraction of sp³-hybridized carbons (Fsp3) is 0.173. The van der Waals surface area contributed by atoms with Crippen LogP contribution in [0, 0.1) is 18.5 Å². The molecule has 0 N–H and O–H groups in total. The molecule has 0 fully saturated rings. The van der Waals surface area contributed by atoms with Gasteiger partial charge in [-0.3, -0.25) is 4.57 Å². The molecule has 0 saturated carbocycles. The molecule has 0 unspecified atom stereocenters. The summed E-state index contributed by atoms with van der Waals surface area (Å²) in [5.74, 6) is 1.95. The Kier molecular flexibility index (Phi) is 14.6. The van der Waals surface area contributed by atoms with E-state index in [-0.39, 0.29) is 31.9 Å². The van der Waals surface area contributed by atoms with Crippen molar-refractivity contribution in [2.24, 2.45) is 0 Å². The van der Waals surface area contributed by atoms with Gasteiger partial charge in [0.25, 0.3) is 6.33 Å². The normalized spacial score (nSPS) is 12.2. The number of rotatable bonds is 13. The van der Waals surface area contributed by atoms with Gasteiger partial charge < -0.3 is 13.9 Å². The van der Waals surface area contributed by atoms with Crippen LogP contribution in [-0.2, 0) is 42.7 Å². The Morgan fingerprint density at radius 2 is 1.00 bits per heavy atom. The molecule has 5 nitrogen and oxygen atoms in total. The van der Waals surface area contributed by atoms with Crippen LogP contribution in [0.4, 0.5) is 0 Å². The maximum atomic E-state index is 6.96. The molecule has 0 atom stereocenters. The number of imidazole rings is 1. The van der Waals surface area contributed by atoms with E-state index in [9.17, 15) is 0 Å². The number of aromatic nitrogens is 4. The predicted molar refractivity (Wildman–Crippen MR) is 328 cm³/mol. The van der Waals surface area contributed by atoms with Crippen LogP contribution in [-0.4, -0.2) is 14.1 Å². The maximum absolute atomic E-state index is 6.96. The summed E-state index contributed by atoms with van der Waals surface area (Å²) in [6, 6.07) is 89.8. The van der Waals surface area contributed by atoms with Gasteiger partial charge >= 0.3 is 0 Å². The number of nitrogens with zero attached hydrogens (tertiary/aromatic N) is 4. The molecule has 9 aromatic carbocycles. The topological polar surface area (TPSA) is 35.9 Å². The first-order valence-corrected chi connectivity index (χ1v) is 27.8. The second kappa shape index (κ2) is 21.6. The molecule has 0 radical (unpaired) electrons. The van der Waals surface area contributed by atoms with Crippen LogP contribution in [0.3, 0.4) is 0 Å². The molecule has 3 heterocycles. The summed E-state index contributed by atoms with van der Waals surface area (Å²) < 4.78 is 13.7. The maximum Gasteiger partial charge on any atom is 0.267 e. The molecule has 3 aromatic heterocycles. The van der Waals surface area contributed by atoms with Gasteiger partial charge in [-0.05, 0) is 96.9 Å². The van der Waals surface area contributed by atoms with E-state index in [1.165, 1.54) is 27.8 Å². The SMILES string of the molecule is CC(C)(C)c1ccnc(-n2c3[c-]c(Oc4[c-]c(-n5[c-][n+](-c6cc(-c7ccccc7)cc(C(C)(C)c7ccccc7)c6)c(C(C)(C)c6ccccc6)c5C(C)(C)c5ccccc5)ccc4)ccc3c3cc(-c4ccccc4)ccc32)c1.[Pt]. The molecule has 81 heavy (non-hydrogen) atoms. The zero-order valence-electron chi connectivity index (χ0n) is 47.5. The van der Waals surface area contributed by atoms with Crippen LogP contribution in [0.25, 0.3) is 61.3 Å². The number of benzene rings is 9. The minimum absolute atomic E-state index is 0. The van der Waals surface area contributed by atoms with Crippen molar-refractivity contribution in [3.05, 3.63) is 294 Å². The molecule has 12 rings (SSSR count). The Morgan fingerprint density at radius 1 is 0.432 bits per heavy atom. The largest absolute Gasteiger partial charge is 0.510 e. The number of fused-ring (bicyclic) bond motifs is 3. The van der Waals surface area contributed by atoms with Crippen molar-refractivity contribution in [1.29, 1.82) is 0 Å².